The van der Waals surface area contributed by atoms with Crippen molar-refractivity contribution in [3.05, 3.63) is 35.6 Å². The topological polar surface area (TPSA) is 90.0 Å². The largest absolute Gasteiger partial charge is 0.548 e. The van der Waals surface area contributed by atoms with Gasteiger partial charge in [0.1, 0.15) is 11.5 Å². The van der Waals surface area contributed by atoms with E-state index in [1.165, 1.54) is 17.0 Å². The zero-order valence-electron chi connectivity index (χ0n) is 16.0. The molecule has 1 aromatic rings. The minimum absolute atomic E-state index is 0.0377. The van der Waals surface area contributed by atoms with Crippen molar-refractivity contribution in [1.82, 2.24) is 9.80 Å². The van der Waals surface area contributed by atoms with Crippen molar-refractivity contribution in [2.24, 2.45) is 5.92 Å². The van der Waals surface area contributed by atoms with E-state index >= 15 is 0 Å². The third kappa shape index (κ3) is 3.87. The highest BCUT2D eigenvalue weighted by atomic mass is 19.1. The van der Waals surface area contributed by atoms with Gasteiger partial charge < -0.3 is 19.5 Å². The van der Waals surface area contributed by atoms with Crippen molar-refractivity contribution >= 4 is 17.8 Å². The molecule has 1 spiro atoms. The molecule has 1 atom stereocenters. The number of amides is 2. The second kappa shape index (κ2) is 7.87. The highest BCUT2D eigenvalue weighted by Crippen LogP contribution is 2.38. The number of aliphatic carboxylic acids is 1. The van der Waals surface area contributed by atoms with Crippen LogP contribution in [0.2, 0.25) is 0 Å². The fourth-order valence-corrected chi connectivity index (χ4v) is 3.86. The van der Waals surface area contributed by atoms with Gasteiger partial charge in [-0.3, -0.25) is 14.5 Å². The molecule has 0 unspecified atom stereocenters. The van der Waals surface area contributed by atoms with Gasteiger partial charge in [0.2, 0.25) is 5.91 Å². The summed E-state index contributed by atoms with van der Waals surface area (Å²) in [7, 11) is 0. The number of rotatable bonds is 4. The first-order valence-electron chi connectivity index (χ1n) is 9.45. The fourth-order valence-electron chi connectivity index (χ4n) is 3.86. The smallest absolute Gasteiger partial charge is 0.256 e. The summed E-state index contributed by atoms with van der Waals surface area (Å²) in [6, 6.07) is 3.71. The minimum atomic E-state index is -1.40. The molecule has 0 saturated carbocycles. The molecule has 0 aliphatic carbocycles. The molecule has 2 aliphatic rings. The van der Waals surface area contributed by atoms with Crippen molar-refractivity contribution in [2.75, 3.05) is 19.7 Å². The first-order chi connectivity index (χ1) is 13.2. The lowest BCUT2D eigenvalue weighted by Gasteiger charge is -2.45. The average Bonchev–Trinajstić information content (AvgIpc) is 3.00. The Morgan fingerprint density at radius 1 is 1.21 bits per heavy atom. The molecular weight excluding hydrogens is 367 g/mol. The van der Waals surface area contributed by atoms with Gasteiger partial charge in [0, 0.05) is 37.9 Å². The summed E-state index contributed by atoms with van der Waals surface area (Å²) in [5.74, 6) is -2.16. The Morgan fingerprint density at radius 2 is 1.82 bits per heavy atom. The Bertz CT molecular complexity index is 756. The molecule has 152 valence electrons. The van der Waals surface area contributed by atoms with Gasteiger partial charge in [0.15, 0.2) is 0 Å². The van der Waals surface area contributed by atoms with Crippen LogP contribution in [-0.2, 0) is 14.3 Å². The number of hydrogen-bond acceptors (Lipinski definition) is 5. The number of hydrogen-bond donors (Lipinski definition) is 0. The van der Waals surface area contributed by atoms with Crippen LogP contribution in [0.15, 0.2) is 24.3 Å². The molecule has 2 aliphatic heterocycles. The van der Waals surface area contributed by atoms with Gasteiger partial charge in [-0.25, -0.2) is 4.39 Å². The van der Waals surface area contributed by atoms with Crippen LogP contribution in [0.3, 0.4) is 0 Å². The second-order valence-corrected chi connectivity index (χ2v) is 7.75. The van der Waals surface area contributed by atoms with Crippen molar-refractivity contribution in [3.63, 3.8) is 0 Å². The molecule has 1 aromatic carbocycles. The van der Waals surface area contributed by atoms with Gasteiger partial charge in [0.05, 0.1) is 18.6 Å². The van der Waals surface area contributed by atoms with Crippen molar-refractivity contribution in [1.29, 1.82) is 0 Å². The van der Waals surface area contributed by atoms with Crippen molar-refractivity contribution < 1.29 is 28.6 Å². The van der Waals surface area contributed by atoms with Crippen LogP contribution in [0.1, 0.15) is 43.5 Å². The van der Waals surface area contributed by atoms with Crippen molar-refractivity contribution in [3.8, 4) is 0 Å². The number of carbonyl (C=O) groups excluding carboxylic acids is 3. The minimum Gasteiger partial charge on any atom is -0.548 e. The van der Waals surface area contributed by atoms with E-state index in [1.54, 1.807) is 4.90 Å². The highest BCUT2D eigenvalue weighted by molar-refractivity contribution is 5.97. The van der Waals surface area contributed by atoms with E-state index in [1.807, 2.05) is 13.8 Å². The van der Waals surface area contributed by atoms with Crippen LogP contribution < -0.4 is 5.11 Å². The Hall–Kier alpha value is -2.48. The lowest BCUT2D eigenvalue weighted by molar-refractivity contribution is -0.310. The molecule has 28 heavy (non-hydrogen) atoms. The summed E-state index contributed by atoms with van der Waals surface area (Å²) in [6.07, 6.45) is 1.06. The number of benzene rings is 1. The van der Waals surface area contributed by atoms with Gasteiger partial charge in [-0.2, -0.15) is 0 Å². The van der Waals surface area contributed by atoms with Crippen LogP contribution in [-0.4, -0.2) is 59.0 Å². The van der Waals surface area contributed by atoms with E-state index in [0.717, 1.165) is 12.1 Å². The van der Waals surface area contributed by atoms with E-state index < -0.39 is 29.5 Å². The summed E-state index contributed by atoms with van der Waals surface area (Å²) >= 11 is 0. The van der Waals surface area contributed by atoms with Crippen molar-refractivity contribution in [2.45, 2.75) is 44.9 Å². The maximum absolute atomic E-state index is 13.2. The zero-order chi connectivity index (χ0) is 20.5. The molecule has 7 nitrogen and oxygen atoms in total. The maximum atomic E-state index is 13.2. The molecule has 8 heteroatoms. The number of carboxylic acids is 1. The van der Waals surface area contributed by atoms with Gasteiger partial charge in [-0.15, -0.1) is 0 Å². The standard InChI is InChI=1S/C20H25FN2O5/c1-13(2)11-17(24)22-9-7-20(8-10-22)23(16(12-28-20)19(26)27)18(25)14-3-5-15(21)6-4-14/h3-6,13,16H,7-12H2,1-2H3,(H,26,27)/p-1/t16-/m1/s1. The molecule has 3 rings (SSSR count). The maximum Gasteiger partial charge on any atom is 0.256 e. The Labute approximate surface area is 163 Å². The summed E-state index contributed by atoms with van der Waals surface area (Å²) in [6.45, 7) is 4.51. The van der Waals surface area contributed by atoms with Gasteiger partial charge >= 0.3 is 0 Å². The Balaban J connectivity index is 1.81. The first kappa shape index (κ1) is 20.3. The molecule has 2 saturated heterocycles. The number of piperidine rings is 1. The van der Waals surface area contributed by atoms with E-state index in [-0.39, 0.29) is 24.0 Å². The monoisotopic (exact) mass is 391 g/mol. The molecule has 0 aromatic heterocycles. The lowest BCUT2D eigenvalue weighted by Crippen LogP contribution is -2.60. The van der Waals surface area contributed by atoms with Crippen LogP contribution in [0.25, 0.3) is 0 Å². The second-order valence-electron chi connectivity index (χ2n) is 7.75. The van der Waals surface area contributed by atoms with Crippen LogP contribution in [0.4, 0.5) is 4.39 Å². The third-order valence-corrected chi connectivity index (χ3v) is 5.32. The molecule has 0 N–H and O–H groups in total. The molecule has 2 fully saturated rings. The van der Waals surface area contributed by atoms with Gasteiger partial charge in [0.25, 0.3) is 5.91 Å². The SMILES string of the molecule is CC(C)CC(=O)N1CCC2(CC1)OC[C@H](C(=O)[O-])N2C(=O)c1ccc(F)cc1. The van der Waals surface area contributed by atoms with E-state index in [4.69, 9.17) is 4.74 Å². The summed E-state index contributed by atoms with van der Waals surface area (Å²) < 4.78 is 19.0. The zero-order valence-corrected chi connectivity index (χ0v) is 16.0. The average molecular weight is 391 g/mol. The molecule has 2 heterocycles. The lowest BCUT2D eigenvalue weighted by atomic mass is 9.96. The van der Waals surface area contributed by atoms with E-state index in [9.17, 15) is 23.9 Å². The molecule has 2 amide bonds. The Morgan fingerprint density at radius 3 is 2.36 bits per heavy atom. The summed E-state index contributed by atoms with van der Waals surface area (Å²) in [5, 5.41) is 11.6. The van der Waals surface area contributed by atoms with Gasteiger partial charge in [-0.05, 0) is 30.2 Å². The normalized spacial score (nSPS) is 21.4. The quantitative estimate of drug-likeness (QED) is 0.757. The van der Waals surface area contributed by atoms with Crippen LogP contribution in [0.5, 0.6) is 0 Å². The predicted molar refractivity (Wildman–Crippen MR) is 95.3 cm³/mol. The summed E-state index contributed by atoms with van der Waals surface area (Å²) in [4.78, 5) is 39.9. The summed E-state index contributed by atoms with van der Waals surface area (Å²) in [5.41, 5.74) is -0.930. The predicted octanol–water partition coefficient (Wildman–Crippen LogP) is 0.781. The van der Waals surface area contributed by atoms with E-state index in [0.29, 0.717) is 32.4 Å². The van der Waals surface area contributed by atoms with Crippen LogP contribution >= 0.6 is 0 Å². The number of nitrogens with zero attached hydrogens (tertiary/aromatic N) is 2. The number of likely N-dealkylation sites (tertiary alicyclic amines) is 1. The molecule has 0 radical (unpaired) electrons. The van der Waals surface area contributed by atoms with E-state index in [2.05, 4.69) is 0 Å². The van der Waals surface area contributed by atoms with Crippen LogP contribution in [0, 0.1) is 11.7 Å². The first-order valence-corrected chi connectivity index (χ1v) is 9.45. The molecule has 0 bridgehead atoms. The number of halogens is 1. The number of carboxylic acid groups (broad SMARTS) is 1. The van der Waals surface area contributed by atoms with Gasteiger partial charge in [-0.1, -0.05) is 13.8 Å². The number of carbonyl (C=O) groups is 3. The third-order valence-electron chi connectivity index (χ3n) is 5.32. The number of ether oxygens (including phenoxy) is 1. The highest BCUT2D eigenvalue weighted by Gasteiger charge is 2.52. The Kier molecular flexibility index (Phi) is 5.69. The molecular formula is C20H24FN2O5-. The fraction of sp³-hybridized carbons (Fsp3) is 0.550.